The minimum absolute atomic E-state index is 0.0167. The van der Waals surface area contributed by atoms with Crippen LogP contribution in [0.25, 0.3) is 22.9 Å². The number of aromatic hydroxyl groups is 1. The van der Waals surface area contributed by atoms with Gasteiger partial charge in [0.25, 0.3) is 5.88 Å². The molecule has 154 valence electrons. The highest BCUT2D eigenvalue weighted by molar-refractivity contribution is 5.85. The first-order chi connectivity index (χ1) is 15.0. The van der Waals surface area contributed by atoms with Crippen molar-refractivity contribution in [3.8, 4) is 11.6 Å². The lowest BCUT2D eigenvalue weighted by Crippen LogP contribution is -2.14. The number of aromatic amines is 1. The lowest BCUT2D eigenvalue weighted by Gasteiger charge is -2.11. The number of fused-ring (bicyclic) bond motifs is 1. The Morgan fingerprint density at radius 3 is 2.58 bits per heavy atom. The van der Waals surface area contributed by atoms with E-state index in [4.69, 9.17) is 4.74 Å². The number of ether oxygens (including phenoxy) is 1. The molecule has 0 aliphatic rings. The van der Waals surface area contributed by atoms with Gasteiger partial charge in [-0.2, -0.15) is 4.98 Å². The lowest BCUT2D eigenvalue weighted by atomic mass is 10.1. The summed E-state index contributed by atoms with van der Waals surface area (Å²) >= 11 is 0. The van der Waals surface area contributed by atoms with Gasteiger partial charge in [0.2, 0.25) is 0 Å². The molecule has 0 unspecified atom stereocenters. The van der Waals surface area contributed by atoms with Crippen molar-refractivity contribution in [1.82, 2.24) is 9.97 Å². The Bertz CT molecular complexity index is 1360. The zero-order chi connectivity index (χ0) is 21.8. The molecule has 0 fully saturated rings. The van der Waals surface area contributed by atoms with Crippen molar-refractivity contribution in [3.63, 3.8) is 0 Å². The maximum absolute atomic E-state index is 11.8. The number of nitro groups is 1. The van der Waals surface area contributed by atoms with E-state index in [9.17, 15) is 20.0 Å². The predicted octanol–water partition coefficient (Wildman–Crippen LogP) is 4.29. The Morgan fingerprint density at radius 1 is 1.03 bits per heavy atom. The smallest absolute Gasteiger partial charge is 0.395 e. The summed E-state index contributed by atoms with van der Waals surface area (Å²) in [7, 11) is 0. The van der Waals surface area contributed by atoms with Crippen molar-refractivity contribution in [3.05, 3.63) is 104 Å². The average molecular weight is 415 g/mol. The number of H-pyrrole nitrogens is 1. The molecule has 0 radical (unpaired) electrons. The second-order valence-corrected chi connectivity index (χ2v) is 6.68. The second kappa shape index (κ2) is 8.50. The molecule has 4 aromatic rings. The minimum Gasteiger partial charge on any atom is -0.488 e. The lowest BCUT2D eigenvalue weighted by molar-refractivity contribution is -0.387. The SMILES string of the molecule is O=c1[nH]c(/C=C/c2ccccc2OCc2cccc3ccccc23)nc(O)c1[N+](=O)[O-]. The Labute approximate surface area is 176 Å². The third-order valence-corrected chi connectivity index (χ3v) is 4.68. The zero-order valence-corrected chi connectivity index (χ0v) is 16.2. The second-order valence-electron chi connectivity index (χ2n) is 6.68. The largest absolute Gasteiger partial charge is 0.488 e. The van der Waals surface area contributed by atoms with Gasteiger partial charge in [0, 0.05) is 5.56 Å². The average Bonchev–Trinajstić information content (AvgIpc) is 2.76. The number of aromatic nitrogens is 2. The van der Waals surface area contributed by atoms with Gasteiger partial charge in [0.1, 0.15) is 18.2 Å². The van der Waals surface area contributed by atoms with E-state index in [2.05, 4.69) is 9.97 Å². The Balaban J connectivity index is 1.58. The van der Waals surface area contributed by atoms with Crippen molar-refractivity contribution in [1.29, 1.82) is 0 Å². The topological polar surface area (TPSA) is 118 Å². The molecule has 0 amide bonds. The number of hydrogen-bond acceptors (Lipinski definition) is 6. The van der Waals surface area contributed by atoms with Crippen LogP contribution < -0.4 is 10.3 Å². The summed E-state index contributed by atoms with van der Waals surface area (Å²) in [6.45, 7) is 0.361. The minimum atomic E-state index is -1.03. The third kappa shape index (κ3) is 4.27. The summed E-state index contributed by atoms with van der Waals surface area (Å²) in [5.41, 5.74) is -0.264. The summed E-state index contributed by atoms with van der Waals surface area (Å²) in [4.78, 5) is 27.5. The molecule has 0 aliphatic heterocycles. The van der Waals surface area contributed by atoms with Crippen molar-refractivity contribution < 1.29 is 14.8 Å². The predicted molar refractivity (Wildman–Crippen MR) is 117 cm³/mol. The fourth-order valence-corrected chi connectivity index (χ4v) is 3.21. The Kier molecular flexibility index (Phi) is 5.44. The van der Waals surface area contributed by atoms with E-state index in [1.54, 1.807) is 6.08 Å². The standard InChI is InChI=1S/C23H17N3O5/c27-22-21(26(29)30)23(28)25-20(24-22)13-12-16-7-2-4-11-19(16)31-14-17-9-5-8-15-6-1-3-10-18(15)17/h1-13H,14H2,(H2,24,25,27,28)/b13-12+. The molecule has 0 aliphatic carbocycles. The highest BCUT2D eigenvalue weighted by Gasteiger charge is 2.21. The molecule has 2 N–H and O–H groups in total. The van der Waals surface area contributed by atoms with Gasteiger partial charge in [0.15, 0.2) is 0 Å². The summed E-state index contributed by atoms with van der Waals surface area (Å²) in [6.07, 6.45) is 3.08. The first-order valence-electron chi connectivity index (χ1n) is 9.37. The van der Waals surface area contributed by atoms with E-state index >= 15 is 0 Å². The number of benzene rings is 3. The summed E-state index contributed by atoms with van der Waals surface area (Å²) in [5, 5.41) is 22.7. The van der Waals surface area contributed by atoms with E-state index in [0.717, 1.165) is 16.3 Å². The van der Waals surface area contributed by atoms with E-state index in [1.807, 2.05) is 66.7 Å². The summed E-state index contributed by atoms with van der Waals surface area (Å²) < 4.78 is 6.04. The van der Waals surface area contributed by atoms with Crippen LogP contribution in [0.2, 0.25) is 0 Å². The molecular formula is C23H17N3O5. The molecule has 0 saturated heterocycles. The molecule has 8 heteroatoms. The zero-order valence-electron chi connectivity index (χ0n) is 16.2. The molecule has 0 atom stereocenters. The van der Waals surface area contributed by atoms with Gasteiger partial charge in [-0.25, -0.2) is 0 Å². The summed E-state index contributed by atoms with van der Waals surface area (Å²) in [5.74, 6) is -0.342. The highest BCUT2D eigenvalue weighted by atomic mass is 16.6. The molecule has 8 nitrogen and oxygen atoms in total. The number of rotatable bonds is 6. The van der Waals surface area contributed by atoms with E-state index in [1.165, 1.54) is 6.08 Å². The third-order valence-electron chi connectivity index (χ3n) is 4.68. The molecule has 0 saturated carbocycles. The van der Waals surface area contributed by atoms with Gasteiger partial charge >= 0.3 is 11.2 Å². The van der Waals surface area contributed by atoms with Gasteiger partial charge in [-0.1, -0.05) is 60.7 Å². The van der Waals surface area contributed by atoms with E-state index < -0.39 is 22.0 Å². The molecule has 1 aromatic heterocycles. The number of hydrogen-bond donors (Lipinski definition) is 2. The summed E-state index contributed by atoms with van der Waals surface area (Å²) in [6, 6.07) is 21.4. The van der Waals surface area contributed by atoms with Gasteiger partial charge in [-0.05, 0) is 34.6 Å². The number of para-hydroxylation sites is 1. The van der Waals surface area contributed by atoms with Crippen LogP contribution in [0.1, 0.15) is 17.0 Å². The maximum atomic E-state index is 11.8. The van der Waals surface area contributed by atoms with Gasteiger partial charge in [-0.3, -0.25) is 14.9 Å². The Morgan fingerprint density at radius 2 is 1.77 bits per heavy atom. The van der Waals surface area contributed by atoms with Crippen molar-refractivity contribution in [2.45, 2.75) is 6.61 Å². The molecule has 3 aromatic carbocycles. The molecule has 0 bridgehead atoms. The van der Waals surface area contributed by atoms with E-state index in [-0.39, 0.29) is 5.82 Å². The van der Waals surface area contributed by atoms with Gasteiger partial charge < -0.3 is 14.8 Å². The van der Waals surface area contributed by atoms with Crippen LogP contribution in [0, 0.1) is 10.1 Å². The van der Waals surface area contributed by atoms with Crippen LogP contribution in [0.15, 0.2) is 71.5 Å². The van der Waals surface area contributed by atoms with Crippen molar-refractivity contribution in [2.75, 3.05) is 0 Å². The first kappa shape index (κ1) is 19.8. The molecule has 4 rings (SSSR count). The fourth-order valence-electron chi connectivity index (χ4n) is 3.21. The van der Waals surface area contributed by atoms with Crippen LogP contribution in [0.5, 0.6) is 11.6 Å². The van der Waals surface area contributed by atoms with Crippen LogP contribution in [0.4, 0.5) is 5.69 Å². The van der Waals surface area contributed by atoms with Gasteiger partial charge in [-0.15, -0.1) is 0 Å². The normalized spacial score (nSPS) is 11.1. The maximum Gasteiger partial charge on any atom is 0.395 e. The molecule has 0 spiro atoms. The van der Waals surface area contributed by atoms with Crippen molar-refractivity contribution >= 4 is 28.6 Å². The molecule has 1 heterocycles. The number of nitrogens with zero attached hydrogens (tertiary/aromatic N) is 2. The quantitative estimate of drug-likeness (QED) is 0.358. The van der Waals surface area contributed by atoms with Crippen LogP contribution in [-0.2, 0) is 6.61 Å². The van der Waals surface area contributed by atoms with Crippen LogP contribution in [-0.4, -0.2) is 20.0 Å². The van der Waals surface area contributed by atoms with E-state index in [0.29, 0.717) is 17.9 Å². The monoisotopic (exact) mass is 415 g/mol. The molecular weight excluding hydrogens is 398 g/mol. The molecule has 31 heavy (non-hydrogen) atoms. The van der Waals surface area contributed by atoms with Crippen LogP contribution >= 0.6 is 0 Å². The van der Waals surface area contributed by atoms with Crippen LogP contribution in [0.3, 0.4) is 0 Å². The van der Waals surface area contributed by atoms with Crippen molar-refractivity contribution in [2.24, 2.45) is 0 Å². The van der Waals surface area contributed by atoms with Gasteiger partial charge in [0.05, 0.1) is 4.92 Å². The first-order valence-corrected chi connectivity index (χ1v) is 9.37. The highest BCUT2D eigenvalue weighted by Crippen LogP contribution is 2.25. The Hall–Kier alpha value is -4.46. The number of nitrogens with one attached hydrogen (secondary N) is 1. The fraction of sp³-hybridized carbons (Fsp3) is 0.0435.